The smallest absolute Gasteiger partial charge is 0.258 e. The second-order valence-electron chi connectivity index (χ2n) is 6.62. The fraction of sp³-hybridized carbons (Fsp3) is 0.190. The molecule has 2 aromatic carbocycles. The maximum Gasteiger partial charge on any atom is 0.258 e. The molecule has 0 radical (unpaired) electrons. The number of nitrogens with one attached hydrogen (secondary N) is 1. The summed E-state index contributed by atoms with van der Waals surface area (Å²) in [6, 6.07) is 10.4. The Morgan fingerprint density at radius 1 is 1.21 bits per heavy atom. The van der Waals surface area contributed by atoms with Crippen molar-refractivity contribution in [3.63, 3.8) is 0 Å². The molecule has 0 saturated heterocycles. The van der Waals surface area contributed by atoms with Gasteiger partial charge in [0.05, 0.1) is 39.0 Å². The monoisotopic (exact) mass is 429 g/mol. The first kappa shape index (κ1) is 19.6. The predicted molar refractivity (Wildman–Crippen MR) is 113 cm³/mol. The van der Waals surface area contributed by atoms with Crippen molar-refractivity contribution in [3.8, 4) is 0 Å². The van der Waals surface area contributed by atoms with Gasteiger partial charge in [-0.1, -0.05) is 41.4 Å². The highest BCUT2D eigenvalue weighted by molar-refractivity contribution is 6.40. The Bertz CT molecular complexity index is 1110. The number of pyridine rings is 1. The molecule has 0 atom stereocenters. The molecule has 148 valence electrons. The van der Waals surface area contributed by atoms with Crippen LogP contribution in [0, 0.1) is 0 Å². The first-order valence-corrected chi connectivity index (χ1v) is 9.71. The molecule has 0 spiro atoms. The molecule has 0 aliphatic carbocycles. The Morgan fingerprint density at radius 3 is 2.66 bits per heavy atom. The first-order valence-electron chi connectivity index (χ1n) is 8.95. The minimum absolute atomic E-state index is 0.0660. The number of hydrogen-bond acceptors (Lipinski definition) is 4. The number of amides is 2. The third-order valence-electron chi connectivity index (χ3n) is 4.88. The van der Waals surface area contributed by atoms with E-state index in [1.54, 1.807) is 42.5 Å². The highest BCUT2D eigenvalue weighted by Gasteiger charge is 2.29. The summed E-state index contributed by atoms with van der Waals surface area (Å²) in [6.45, 7) is 1.45. The molecule has 0 fully saturated rings. The molecule has 2 heterocycles. The molecule has 0 bridgehead atoms. The fourth-order valence-electron chi connectivity index (χ4n) is 3.45. The molecule has 6 nitrogen and oxygen atoms in total. The molecule has 1 aliphatic heterocycles. The summed E-state index contributed by atoms with van der Waals surface area (Å²) in [4.78, 5) is 31.5. The summed E-state index contributed by atoms with van der Waals surface area (Å²) in [5, 5.41) is 4.19. The van der Waals surface area contributed by atoms with Crippen molar-refractivity contribution in [2.45, 2.75) is 6.54 Å². The largest absolute Gasteiger partial charge is 0.383 e. The maximum atomic E-state index is 12.8. The quantitative estimate of drug-likeness (QED) is 0.652. The van der Waals surface area contributed by atoms with Gasteiger partial charge >= 0.3 is 0 Å². The van der Waals surface area contributed by atoms with Crippen LogP contribution in [0.4, 0.5) is 5.69 Å². The number of aromatic nitrogens is 1. The van der Waals surface area contributed by atoms with Crippen LogP contribution in [0.2, 0.25) is 10.0 Å². The highest BCUT2D eigenvalue weighted by atomic mass is 35.5. The number of carbonyl (C=O) groups is 2. The molecule has 29 heavy (non-hydrogen) atoms. The van der Waals surface area contributed by atoms with Crippen LogP contribution in [0.1, 0.15) is 26.3 Å². The van der Waals surface area contributed by atoms with Gasteiger partial charge in [-0.25, -0.2) is 0 Å². The van der Waals surface area contributed by atoms with Gasteiger partial charge in [-0.15, -0.1) is 0 Å². The van der Waals surface area contributed by atoms with E-state index >= 15 is 0 Å². The third-order valence-corrected chi connectivity index (χ3v) is 5.51. The molecular weight excluding hydrogens is 413 g/mol. The molecule has 3 aromatic rings. The average molecular weight is 430 g/mol. The van der Waals surface area contributed by atoms with E-state index in [9.17, 15) is 9.59 Å². The number of anilines is 1. The van der Waals surface area contributed by atoms with Crippen molar-refractivity contribution in [2.75, 3.05) is 25.6 Å². The van der Waals surface area contributed by atoms with Gasteiger partial charge in [0.1, 0.15) is 0 Å². The molecule has 1 aromatic heterocycles. The van der Waals surface area contributed by atoms with Gasteiger partial charge in [0.2, 0.25) is 0 Å². The topological polar surface area (TPSA) is 71.5 Å². The third kappa shape index (κ3) is 3.55. The first-order chi connectivity index (χ1) is 14.0. The lowest BCUT2D eigenvalue weighted by molar-refractivity contribution is 0.0719. The van der Waals surface area contributed by atoms with E-state index < -0.39 is 5.91 Å². The molecule has 1 aliphatic rings. The normalized spacial score (nSPS) is 13.1. The van der Waals surface area contributed by atoms with Gasteiger partial charge in [0.15, 0.2) is 0 Å². The van der Waals surface area contributed by atoms with Gasteiger partial charge < -0.3 is 15.0 Å². The SMILES string of the molecule is COCCN1Cc2c(cnc3c(NC(=O)c4c(Cl)cccc4Cl)cccc23)C1=O. The van der Waals surface area contributed by atoms with Crippen molar-refractivity contribution < 1.29 is 14.3 Å². The summed E-state index contributed by atoms with van der Waals surface area (Å²) in [6.07, 6.45) is 1.56. The second-order valence-corrected chi connectivity index (χ2v) is 7.44. The van der Waals surface area contributed by atoms with Gasteiger partial charge in [-0.3, -0.25) is 14.6 Å². The molecule has 8 heteroatoms. The van der Waals surface area contributed by atoms with Crippen molar-refractivity contribution >= 4 is 51.6 Å². The summed E-state index contributed by atoms with van der Waals surface area (Å²) in [5.41, 5.74) is 2.79. The number of ether oxygens (including phenoxy) is 1. The van der Waals surface area contributed by atoms with Gasteiger partial charge in [-0.2, -0.15) is 0 Å². The lowest BCUT2D eigenvalue weighted by atomic mass is 10.0. The van der Waals surface area contributed by atoms with E-state index in [4.69, 9.17) is 27.9 Å². The standard InChI is InChI=1S/C21H17Cl2N3O3/c1-29-9-8-26-11-14-12-4-2-7-17(19(12)24-10-13(14)21(26)28)25-20(27)18-15(22)5-3-6-16(18)23/h2-7,10H,8-9,11H2,1H3,(H,25,27). The zero-order chi connectivity index (χ0) is 20.5. The summed E-state index contributed by atoms with van der Waals surface area (Å²) >= 11 is 12.3. The van der Waals surface area contributed by atoms with Crippen LogP contribution in [0.3, 0.4) is 0 Å². The zero-order valence-electron chi connectivity index (χ0n) is 15.5. The Balaban J connectivity index is 1.70. The van der Waals surface area contributed by atoms with Gasteiger partial charge in [0.25, 0.3) is 11.8 Å². The number of para-hydroxylation sites is 1. The number of halogens is 2. The molecular formula is C21H17Cl2N3O3. The molecule has 4 rings (SSSR count). The summed E-state index contributed by atoms with van der Waals surface area (Å²) in [5.74, 6) is -0.489. The summed E-state index contributed by atoms with van der Waals surface area (Å²) in [7, 11) is 1.60. The van der Waals surface area contributed by atoms with E-state index in [1.165, 1.54) is 0 Å². The number of benzene rings is 2. The maximum absolute atomic E-state index is 12.8. The molecule has 2 amide bonds. The van der Waals surface area contributed by atoms with E-state index in [1.807, 2.05) is 12.1 Å². The number of methoxy groups -OCH3 is 1. The van der Waals surface area contributed by atoms with E-state index in [0.29, 0.717) is 36.5 Å². The van der Waals surface area contributed by atoms with Crippen molar-refractivity contribution in [1.29, 1.82) is 0 Å². The number of fused-ring (bicyclic) bond motifs is 3. The number of hydrogen-bond donors (Lipinski definition) is 1. The van der Waals surface area contributed by atoms with E-state index in [0.717, 1.165) is 10.9 Å². The van der Waals surface area contributed by atoms with Crippen LogP contribution in [-0.4, -0.2) is 42.0 Å². The van der Waals surface area contributed by atoms with E-state index in [-0.39, 0.29) is 21.5 Å². The number of carbonyl (C=O) groups excluding carboxylic acids is 2. The number of rotatable bonds is 5. The number of nitrogens with zero attached hydrogens (tertiary/aromatic N) is 2. The van der Waals surface area contributed by atoms with Crippen LogP contribution >= 0.6 is 23.2 Å². The zero-order valence-corrected chi connectivity index (χ0v) is 17.0. The Hall–Kier alpha value is -2.67. The second kappa shape index (κ2) is 7.99. The van der Waals surface area contributed by atoms with Crippen molar-refractivity contribution in [3.05, 3.63) is 69.3 Å². The Morgan fingerprint density at radius 2 is 1.93 bits per heavy atom. The summed E-state index contributed by atoms with van der Waals surface area (Å²) < 4.78 is 5.08. The van der Waals surface area contributed by atoms with Gasteiger partial charge in [-0.05, 0) is 23.8 Å². The van der Waals surface area contributed by atoms with Gasteiger partial charge in [0, 0.05) is 31.8 Å². The lowest BCUT2D eigenvalue weighted by Crippen LogP contribution is -2.27. The van der Waals surface area contributed by atoms with Crippen LogP contribution < -0.4 is 5.32 Å². The minimum Gasteiger partial charge on any atom is -0.383 e. The molecule has 0 unspecified atom stereocenters. The van der Waals surface area contributed by atoms with Crippen LogP contribution in [0.25, 0.3) is 10.9 Å². The van der Waals surface area contributed by atoms with Crippen LogP contribution in [0.15, 0.2) is 42.6 Å². The Labute approximate surface area is 177 Å². The minimum atomic E-state index is -0.423. The van der Waals surface area contributed by atoms with Crippen LogP contribution in [-0.2, 0) is 11.3 Å². The van der Waals surface area contributed by atoms with E-state index in [2.05, 4.69) is 10.3 Å². The fourth-order valence-corrected chi connectivity index (χ4v) is 4.02. The van der Waals surface area contributed by atoms with Crippen molar-refractivity contribution in [1.82, 2.24) is 9.88 Å². The average Bonchev–Trinajstić information content (AvgIpc) is 3.02. The van der Waals surface area contributed by atoms with Crippen LogP contribution in [0.5, 0.6) is 0 Å². The predicted octanol–water partition coefficient (Wildman–Crippen LogP) is 4.40. The van der Waals surface area contributed by atoms with Crippen molar-refractivity contribution in [2.24, 2.45) is 0 Å². The molecule has 1 N–H and O–H groups in total. The molecule has 0 saturated carbocycles. The Kier molecular flexibility index (Phi) is 5.41. The highest BCUT2D eigenvalue weighted by Crippen LogP contribution is 2.33. The lowest BCUT2D eigenvalue weighted by Gasteiger charge is -2.14.